The summed E-state index contributed by atoms with van der Waals surface area (Å²) >= 11 is 0. The Kier molecular flexibility index (Phi) is 5.51. The molecule has 0 radical (unpaired) electrons. The van der Waals surface area contributed by atoms with E-state index in [9.17, 15) is 4.39 Å². The molecule has 0 aromatic heterocycles. The molecule has 1 aliphatic heterocycles. The summed E-state index contributed by atoms with van der Waals surface area (Å²) in [4.78, 5) is 2.35. The predicted molar refractivity (Wildman–Crippen MR) is 77.7 cm³/mol. The number of hydrogen-bond acceptors (Lipinski definition) is 3. The van der Waals surface area contributed by atoms with Gasteiger partial charge in [-0.05, 0) is 56.1 Å². The first kappa shape index (κ1) is 15.0. The Bertz CT molecular complexity index is 475. The van der Waals surface area contributed by atoms with E-state index in [2.05, 4.69) is 23.2 Å². The lowest BCUT2D eigenvalue weighted by Gasteiger charge is -2.29. The fourth-order valence-corrected chi connectivity index (χ4v) is 2.77. The molecule has 0 spiro atoms. The van der Waals surface area contributed by atoms with Crippen molar-refractivity contribution in [2.75, 3.05) is 26.2 Å². The van der Waals surface area contributed by atoms with E-state index in [0.717, 1.165) is 44.2 Å². The molecule has 1 aliphatic rings. The van der Waals surface area contributed by atoms with Crippen molar-refractivity contribution in [2.24, 2.45) is 5.92 Å². The molecule has 0 aliphatic carbocycles. The van der Waals surface area contributed by atoms with Crippen molar-refractivity contribution in [3.05, 3.63) is 35.1 Å². The molecular formula is C16H22FN3. The van der Waals surface area contributed by atoms with Crippen LogP contribution in [0.2, 0.25) is 0 Å². The van der Waals surface area contributed by atoms with Crippen LogP contribution in [0.15, 0.2) is 18.2 Å². The molecule has 0 amide bonds. The first-order valence-corrected chi connectivity index (χ1v) is 7.34. The molecule has 0 saturated carbocycles. The highest BCUT2D eigenvalue weighted by Gasteiger charge is 2.17. The summed E-state index contributed by atoms with van der Waals surface area (Å²) < 4.78 is 13.2. The lowest BCUT2D eigenvalue weighted by molar-refractivity contribution is 0.207. The summed E-state index contributed by atoms with van der Waals surface area (Å²) in [6.45, 7) is 7.07. The van der Waals surface area contributed by atoms with Crippen molar-refractivity contribution < 1.29 is 4.39 Å². The Morgan fingerprint density at radius 1 is 1.40 bits per heavy atom. The summed E-state index contributed by atoms with van der Waals surface area (Å²) in [6, 6.07) is 6.59. The van der Waals surface area contributed by atoms with E-state index in [4.69, 9.17) is 5.26 Å². The second-order valence-corrected chi connectivity index (χ2v) is 5.43. The highest BCUT2D eigenvalue weighted by molar-refractivity contribution is 5.37. The molecular weight excluding hydrogens is 253 g/mol. The topological polar surface area (TPSA) is 39.1 Å². The molecule has 1 saturated heterocycles. The van der Waals surface area contributed by atoms with Gasteiger partial charge in [-0.2, -0.15) is 5.26 Å². The molecule has 0 bridgehead atoms. The lowest BCUT2D eigenvalue weighted by atomic mass is 9.97. The van der Waals surface area contributed by atoms with Crippen LogP contribution in [-0.4, -0.2) is 31.1 Å². The van der Waals surface area contributed by atoms with Gasteiger partial charge < -0.3 is 5.32 Å². The van der Waals surface area contributed by atoms with E-state index >= 15 is 0 Å². The fourth-order valence-electron chi connectivity index (χ4n) is 2.77. The summed E-state index contributed by atoms with van der Waals surface area (Å²) in [7, 11) is 0. The van der Waals surface area contributed by atoms with Gasteiger partial charge in [0.15, 0.2) is 0 Å². The van der Waals surface area contributed by atoms with Gasteiger partial charge in [0.2, 0.25) is 0 Å². The van der Waals surface area contributed by atoms with Crippen molar-refractivity contribution in [3.63, 3.8) is 0 Å². The third-order valence-electron chi connectivity index (χ3n) is 4.01. The van der Waals surface area contributed by atoms with Crippen LogP contribution in [0.5, 0.6) is 0 Å². The van der Waals surface area contributed by atoms with Crippen LogP contribution in [0.1, 0.15) is 30.9 Å². The Hall–Kier alpha value is -1.44. The average molecular weight is 275 g/mol. The van der Waals surface area contributed by atoms with Crippen LogP contribution in [0.4, 0.5) is 4.39 Å². The third-order valence-corrected chi connectivity index (χ3v) is 4.01. The molecule has 1 N–H and O–H groups in total. The number of benzene rings is 1. The molecule has 108 valence electrons. The van der Waals surface area contributed by atoms with Gasteiger partial charge in [-0.1, -0.05) is 13.0 Å². The zero-order valence-electron chi connectivity index (χ0n) is 12.0. The quantitative estimate of drug-likeness (QED) is 0.897. The average Bonchev–Trinajstić information content (AvgIpc) is 2.49. The third kappa shape index (κ3) is 4.03. The van der Waals surface area contributed by atoms with Crippen LogP contribution >= 0.6 is 0 Å². The van der Waals surface area contributed by atoms with Crippen molar-refractivity contribution in [1.29, 1.82) is 5.26 Å². The van der Waals surface area contributed by atoms with Gasteiger partial charge in [0.25, 0.3) is 0 Å². The van der Waals surface area contributed by atoms with E-state index in [1.807, 2.05) is 0 Å². The van der Waals surface area contributed by atoms with Crippen LogP contribution in [-0.2, 0) is 6.54 Å². The van der Waals surface area contributed by atoms with Gasteiger partial charge in [-0.3, -0.25) is 4.90 Å². The van der Waals surface area contributed by atoms with Gasteiger partial charge in [0, 0.05) is 13.1 Å². The number of rotatable bonds is 5. The first-order valence-electron chi connectivity index (χ1n) is 7.34. The number of halogens is 1. The van der Waals surface area contributed by atoms with E-state index in [1.54, 1.807) is 6.07 Å². The molecule has 20 heavy (non-hydrogen) atoms. The summed E-state index contributed by atoms with van der Waals surface area (Å²) in [5.41, 5.74) is 1.37. The predicted octanol–water partition coefficient (Wildman–Crippen LogP) is 2.52. The Labute approximate surface area is 120 Å². The molecule has 1 aromatic rings. The van der Waals surface area contributed by atoms with Gasteiger partial charge >= 0.3 is 0 Å². The maximum atomic E-state index is 13.2. The minimum Gasteiger partial charge on any atom is -0.317 e. The fraction of sp³-hybridized carbons (Fsp3) is 0.562. The van der Waals surface area contributed by atoms with Crippen molar-refractivity contribution >= 4 is 0 Å². The summed E-state index contributed by atoms with van der Waals surface area (Å²) in [6.07, 6.45) is 2.43. The minimum atomic E-state index is -0.341. The molecule has 4 heteroatoms. The zero-order chi connectivity index (χ0) is 14.4. The second kappa shape index (κ2) is 7.37. The van der Waals surface area contributed by atoms with Crippen molar-refractivity contribution in [1.82, 2.24) is 10.2 Å². The number of piperidine rings is 1. The summed E-state index contributed by atoms with van der Waals surface area (Å²) in [5.74, 6) is 0.383. The number of hydrogen-bond donors (Lipinski definition) is 1. The molecule has 1 fully saturated rings. The highest BCUT2D eigenvalue weighted by atomic mass is 19.1. The van der Waals surface area contributed by atoms with Crippen LogP contribution in [0, 0.1) is 23.1 Å². The van der Waals surface area contributed by atoms with Crippen LogP contribution in [0.25, 0.3) is 0 Å². The van der Waals surface area contributed by atoms with Gasteiger partial charge in [-0.25, -0.2) is 4.39 Å². The molecule has 1 aromatic carbocycles. The van der Waals surface area contributed by atoms with E-state index in [-0.39, 0.29) is 5.82 Å². The lowest BCUT2D eigenvalue weighted by Crippen LogP contribution is -2.36. The maximum Gasteiger partial charge on any atom is 0.124 e. The Balaban J connectivity index is 2.00. The molecule has 0 unspecified atom stereocenters. The SMILES string of the molecule is CCN(Cc1ccc(F)cc1C#N)CC1CCNCC1. The maximum absolute atomic E-state index is 13.2. The number of nitriles is 1. The highest BCUT2D eigenvalue weighted by Crippen LogP contribution is 2.17. The molecule has 1 heterocycles. The second-order valence-electron chi connectivity index (χ2n) is 5.43. The van der Waals surface area contributed by atoms with Crippen molar-refractivity contribution in [2.45, 2.75) is 26.3 Å². The molecule has 3 nitrogen and oxygen atoms in total. The Morgan fingerprint density at radius 2 is 2.15 bits per heavy atom. The van der Waals surface area contributed by atoms with Crippen LogP contribution in [0.3, 0.4) is 0 Å². The van der Waals surface area contributed by atoms with Crippen molar-refractivity contribution in [3.8, 4) is 6.07 Å². The monoisotopic (exact) mass is 275 g/mol. The largest absolute Gasteiger partial charge is 0.317 e. The minimum absolute atomic E-state index is 0.341. The molecule has 2 rings (SSSR count). The standard InChI is InChI=1S/C16H22FN3/c1-2-20(11-13-5-7-19-8-6-13)12-14-3-4-16(17)9-15(14)10-18/h3-4,9,13,19H,2,5-8,11-12H2,1H3. The molecule has 0 atom stereocenters. The Morgan fingerprint density at radius 3 is 2.80 bits per heavy atom. The number of nitrogens with zero attached hydrogens (tertiary/aromatic N) is 2. The van der Waals surface area contributed by atoms with E-state index in [1.165, 1.54) is 25.0 Å². The normalized spacial score (nSPS) is 16.3. The first-order chi connectivity index (χ1) is 9.72. The van der Waals surface area contributed by atoms with E-state index in [0.29, 0.717) is 5.56 Å². The zero-order valence-corrected chi connectivity index (χ0v) is 12.0. The van der Waals surface area contributed by atoms with Gasteiger partial charge in [-0.15, -0.1) is 0 Å². The van der Waals surface area contributed by atoms with Crippen LogP contribution < -0.4 is 5.32 Å². The summed E-state index contributed by atoms with van der Waals surface area (Å²) in [5, 5.41) is 12.5. The number of nitrogens with one attached hydrogen (secondary N) is 1. The van der Waals surface area contributed by atoms with Gasteiger partial charge in [0.05, 0.1) is 11.6 Å². The smallest absolute Gasteiger partial charge is 0.124 e. The van der Waals surface area contributed by atoms with Gasteiger partial charge in [0.1, 0.15) is 5.82 Å². The van der Waals surface area contributed by atoms with E-state index < -0.39 is 0 Å².